The fourth-order valence-corrected chi connectivity index (χ4v) is 3.25. The molecule has 1 N–H and O–H groups in total. The lowest BCUT2D eigenvalue weighted by molar-refractivity contribution is 0.302. The zero-order valence-electron chi connectivity index (χ0n) is 15.3. The van der Waals surface area contributed by atoms with Crippen LogP contribution in [0, 0.1) is 13.8 Å². The van der Waals surface area contributed by atoms with E-state index in [1.54, 1.807) is 0 Å². The molecule has 0 unspecified atom stereocenters. The first kappa shape index (κ1) is 18.7. The number of halogens is 1. The van der Waals surface area contributed by atoms with Gasteiger partial charge in [0.25, 0.3) is 0 Å². The van der Waals surface area contributed by atoms with E-state index in [9.17, 15) is 0 Å². The minimum absolute atomic E-state index is 0.578. The molecule has 3 heteroatoms. The van der Waals surface area contributed by atoms with Gasteiger partial charge in [0.1, 0.15) is 12.4 Å². The molecule has 0 saturated heterocycles. The molecule has 2 nitrogen and oxygen atoms in total. The molecule has 0 spiro atoms. The monoisotopic (exact) mass is 409 g/mol. The summed E-state index contributed by atoms with van der Waals surface area (Å²) < 4.78 is 7.15. The summed E-state index contributed by atoms with van der Waals surface area (Å²) in [6.45, 7) is 6.38. The van der Waals surface area contributed by atoms with Crippen LogP contribution in [-0.4, -0.2) is 0 Å². The van der Waals surface area contributed by atoms with Crippen molar-refractivity contribution in [2.75, 3.05) is 0 Å². The van der Waals surface area contributed by atoms with Crippen molar-refractivity contribution >= 4 is 15.9 Å². The van der Waals surface area contributed by atoms with E-state index in [0.717, 1.165) is 28.9 Å². The van der Waals surface area contributed by atoms with Crippen LogP contribution in [0.5, 0.6) is 5.75 Å². The molecule has 3 rings (SSSR count). The summed E-state index contributed by atoms with van der Waals surface area (Å²) in [4.78, 5) is 0. The summed E-state index contributed by atoms with van der Waals surface area (Å²) in [7, 11) is 0. The second-order valence-electron chi connectivity index (χ2n) is 6.62. The quantitative estimate of drug-likeness (QED) is 0.521. The van der Waals surface area contributed by atoms with Crippen LogP contribution in [0.25, 0.3) is 0 Å². The smallest absolute Gasteiger partial charge is 0.124 e. The van der Waals surface area contributed by atoms with Gasteiger partial charge in [-0.1, -0.05) is 75.6 Å². The maximum absolute atomic E-state index is 6.09. The molecule has 0 aromatic heterocycles. The predicted molar refractivity (Wildman–Crippen MR) is 111 cm³/mol. The van der Waals surface area contributed by atoms with Crippen molar-refractivity contribution in [3.8, 4) is 5.75 Å². The number of rotatable bonds is 7. The molecular formula is C23H24BrNO. The number of benzene rings is 3. The third-order valence-corrected chi connectivity index (χ3v) is 4.76. The van der Waals surface area contributed by atoms with Gasteiger partial charge in [0.15, 0.2) is 0 Å². The number of hydrogen-bond donors (Lipinski definition) is 1. The van der Waals surface area contributed by atoms with Crippen molar-refractivity contribution in [3.63, 3.8) is 0 Å². The van der Waals surface area contributed by atoms with Gasteiger partial charge in [-0.25, -0.2) is 0 Å². The minimum Gasteiger partial charge on any atom is -0.489 e. The Labute approximate surface area is 164 Å². The Morgan fingerprint density at radius 2 is 1.62 bits per heavy atom. The number of aryl methyl sites for hydroxylation is 2. The Balaban J connectivity index is 1.62. The van der Waals surface area contributed by atoms with E-state index >= 15 is 0 Å². The van der Waals surface area contributed by atoms with Crippen LogP contribution in [0.3, 0.4) is 0 Å². The average molecular weight is 410 g/mol. The number of hydrogen-bond acceptors (Lipinski definition) is 2. The molecule has 134 valence electrons. The van der Waals surface area contributed by atoms with Crippen LogP contribution < -0.4 is 10.1 Å². The van der Waals surface area contributed by atoms with E-state index in [-0.39, 0.29) is 0 Å². The minimum atomic E-state index is 0.578. The second-order valence-corrected chi connectivity index (χ2v) is 7.53. The third kappa shape index (κ3) is 5.45. The Morgan fingerprint density at radius 1 is 0.808 bits per heavy atom. The first-order chi connectivity index (χ1) is 12.6. The molecule has 0 aliphatic heterocycles. The van der Waals surface area contributed by atoms with Gasteiger partial charge in [0, 0.05) is 23.1 Å². The Kier molecular flexibility index (Phi) is 6.48. The van der Waals surface area contributed by atoms with Crippen LogP contribution >= 0.6 is 15.9 Å². The first-order valence-corrected chi connectivity index (χ1v) is 9.62. The van der Waals surface area contributed by atoms with Gasteiger partial charge in [0.2, 0.25) is 0 Å². The lowest BCUT2D eigenvalue weighted by Gasteiger charge is -2.13. The number of ether oxygens (including phenoxy) is 1. The van der Waals surface area contributed by atoms with Crippen molar-refractivity contribution in [3.05, 3.63) is 99.0 Å². The lowest BCUT2D eigenvalue weighted by atomic mass is 10.1. The van der Waals surface area contributed by atoms with Crippen LogP contribution in [0.15, 0.2) is 71.2 Å². The van der Waals surface area contributed by atoms with Crippen molar-refractivity contribution in [2.24, 2.45) is 0 Å². The van der Waals surface area contributed by atoms with Gasteiger partial charge in [0.05, 0.1) is 0 Å². The summed E-state index contributed by atoms with van der Waals surface area (Å²) in [6, 6.07) is 23.2. The maximum Gasteiger partial charge on any atom is 0.124 e. The van der Waals surface area contributed by atoms with Gasteiger partial charge in [-0.05, 0) is 43.2 Å². The fourth-order valence-electron chi connectivity index (χ4n) is 2.84. The highest BCUT2D eigenvalue weighted by Gasteiger charge is 2.06. The van der Waals surface area contributed by atoms with Gasteiger partial charge < -0.3 is 10.1 Å². The molecule has 0 bridgehead atoms. The first-order valence-electron chi connectivity index (χ1n) is 8.83. The summed E-state index contributed by atoms with van der Waals surface area (Å²) >= 11 is 3.56. The van der Waals surface area contributed by atoms with Gasteiger partial charge >= 0.3 is 0 Å². The lowest BCUT2D eigenvalue weighted by Crippen LogP contribution is -2.13. The molecule has 3 aromatic rings. The molecule has 26 heavy (non-hydrogen) atoms. The highest BCUT2D eigenvalue weighted by Crippen LogP contribution is 2.24. The molecule has 0 fully saturated rings. The highest BCUT2D eigenvalue weighted by atomic mass is 79.9. The van der Waals surface area contributed by atoms with E-state index in [1.807, 2.05) is 12.1 Å². The molecule has 0 amide bonds. The Bertz CT molecular complexity index is 858. The standard InChI is InChI=1S/C23H24BrNO/c1-17-6-8-19(9-7-17)14-25-15-21-13-22(24)10-11-23(21)26-16-20-5-3-4-18(2)12-20/h3-13,25H,14-16H2,1-2H3. The van der Waals surface area contributed by atoms with E-state index in [4.69, 9.17) is 4.74 Å². The van der Waals surface area contributed by atoms with Crippen molar-refractivity contribution in [1.29, 1.82) is 0 Å². The van der Waals surface area contributed by atoms with E-state index in [1.165, 1.54) is 22.3 Å². The van der Waals surface area contributed by atoms with Gasteiger partial charge in [-0.15, -0.1) is 0 Å². The van der Waals surface area contributed by atoms with E-state index in [0.29, 0.717) is 6.61 Å². The molecule has 0 saturated carbocycles. The number of nitrogens with one attached hydrogen (secondary N) is 1. The molecule has 0 radical (unpaired) electrons. The molecule has 3 aromatic carbocycles. The van der Waals surface area contributed by atoms with E-state index in [2.05, 4.69) is 89.7 Å². The Morgan fingerprint density at radius 3 is 2.38 bits per heavy atom. The van der Waals surface area contributed by atoms with Crippen LogP contribution in [0.2, 0.25) is 0 Å². The summed E-state index contributed by atoms with van der Waals surface area (Å²) in [5.41, 5.74) is 6.16. The Hall–Kier alpha value is -2.10. The SMILES string of the molecule is Cc1ccc(CNCc2cc(Br)ccc2OCc2cccc(C)c2)cc1. The average Bonchev–Trinajstić information content (AvgIpc) is 2.63. The van der Waals surface area contributed by atoms with E-state index < -0.39 is 0 Å². The molecule has 0 aliphatic rings. The summed E-state index contributed by atoms with van der Waals surface area (Å²) in [5.74, 6) is 0.922. The van der Waals surface area contributed by atoms with Crippen molar-refractivity contribution < 1.29 is 4.74 Å². The van der Waals surface area contributed by atoms with Gasteiger partial charge in [-0.3, -0.25) is 0 Å². The zero-order valence-corrected chi connectivity index (χ0v) is 16.8. The van der Waals surface area contributed by atoms with Crippen LogP contribution in [0.4, 0.5) is 0 Å². The van der Waals surface area contributed by atoms with Gasteiger partial charge in [-0.2, -0.15) is 0 Å². The predicted octanol–water partition coefficient (Wildman–Crippen LogP) is 5.93. The second kappa shape index (κ2) is 9.02. The molecule has 0 heterocycles. The zero-order chi connectivity index (χ0) is 18.4. The molecule has 0 aliphatic carbocycles. The largest absolute Gasteiger partial charge is 0.489 e. The normalized spacial score (nSPS) is 10.7. The third-order valence-electron chi connectivity index (χ3n) is 4.26. The van der Waals surface area contributed by atoms with Crippen LogP contribution in [-0.2, 0) is 19.7 Å². The highest BCUT2D eigenvalue weighted by molar-refractivity contribution is 9.10. The topological polar surface area (TPSA) is 21.3 Å². The molecular weight excluding hydrogens is 386 g/mol. The summed E-state index contributed by atoms with van der Waals surface area (Å²) in [6.07, 6.45) is 0. The van der Waals surface area contributed by atoms with Crippen molar-refractivity contribution in [2.45, 2.75) is 33.5 Å². The summed E-state index contributed by atoms with van der Waals surface area (Å²) in [5, 5.41) is 3.51. The molecule has 0 atom stereocenters. The maximum atomic E-state index is 6.09. The fraction of sp³-hybridized carbons (Fsp3) is 0.217. The van der Waals surface area contributed by atoms with Crippen LogP contribution in [0.1, 0.15) is 27.8 Å². The van der Waals surface area contributed by atoms with Crippen molar-refractivity contribution in [1.82, 2.24) is 5.32 Å².